The van der Waals surface area contributed by atoms with E-state index in [0.29, 0.717) is 6.42 Å². The zero-order valence-electron chi connectivity index (χ0n) is 12.8. The SMILES string of the molecule is O=S1(=O)CCC(N[C@H]2CS(=O)(=O)C[C@@H]2S(=O)(=O)c2ccccc2)C1. The normalized spacial score (nSPS) is 31.9. The Balaban J connectivity index is 1.88. The lowest BCUT2D eigenvalue weighted by Crippen LogP contribution is -2.48. The van der Waals surface area contributed by atoms with Crippen LogP contribution in [0.5, 0.6) is 0 Å². The molecule has 2 aliphatic rings. The molecule has 1 unspecified atom stereocenters. The predicted octanol–water partition coefficient (Wildman–Crippen LogP) is -0.597. The minimum atomic E-state index is -3.82. The number of hydrogen-bond donors (Lipinski definition) is 1. The van der Waals surface area contributed by atoms with Gasteiger partial charge in [0, 0.05) is 12.1 Å². The van der Waals surface area contributed by atoms with E-state index in [-0.39, 0.29) is 22.2 Å². The van der Waals surface area contributed by atoms with Crippen LogP contribution >= 0.6 is 0 Å². The highest BCUT2D eigenvalue weighted by Gasteiger charge is 2.47. The van der Waals surface area contributed by atoms with Crippen molar-refractivity contribution in [2.45, 2.75) is 28.6 Å². The monoisotopic (exact) mass is 393 g/mol. The van der Waals surface area contributed by atoms with Gasteiger partial charge in [-0.05, 0) is 18.6 Å². The van der Waals surface area contributed by atoms with E-state index >= 15 is 0 Å². The number of hydrogen-bond acceptors (Lipinski definition) is 7. The smallest absolute Gasteiger partial charge is 0.183 e. The Kier molecular flexibility index (Phi) is 4.52. The second-order valence-electron chi connectivity index (χ2n) is 6.35. The van der Waals surface area contributed by atoms with E-state index in [1.54, 1.807) is 18.2 Å². The van der Waals surface area contributed by atoms with Crippen molar-refractivity contribution in [1.29, 1.82) is 0 Å². The van der Waals surface area contributed by atoms with Crippen molar-refractivity contribution in [2.24, 2.45) is 0 Å². The van der Waals surface area contributed by atoms with E-state index in [0.717, 1.165) is 0 Å². The van der Waals surface area contributed by atoms with Crippen molar-refractivity contribution in [3.05, 3.63) is 30.3 Å². The van der Waals surface area contributed by atoms with Crippen LogP contribution in [0.4, 0.5) is 0 Å². The Hall–Kier alpha value is -0.970. The molecule has 0 aromatic heterocycles. The highest BCUT2D eigenvalue weighted by molar-refractivity contribution is 7.96. The molecule has 2 fully saturated rings. The van der Waals surface area contributed by atoms with Gasteiger partial charge in [0.05, 0.1) is 33.2 Å². The van der Waals surface area contributed by atoms with Gasteiger partial charge in [-0.25, -0.2) is 25.3 Å². The van der Waals surface area contributed by atoms with E-state index in [1.165, 1.54) is 12.1 Å². The number of benzene rings is 1. The van der Waals surface area contributed by atoms with Crippen molar-refractivity contribution >= 4 is 29.5 Å². The number of rotatable bonds is 4. The van der Waals surface area contributed by atoms with E-state index < -0.39 is 52.6 Å². The molecule has 0 bridgehead atoms. The molecule has 10 heteroatoms. The van der Waals surface area contributed by atoms with Gasteiger partial charge in [-0.3, -0.25) is 0 Å². The summed E-state index contributed by atoms with van der Waals surface area (Å²) in [6.45, 7) is 0. The first-order chi connectivity index (χ1) is 11.1. The molecule has 0 radical (unpaired) electrons. The second-order valence-corrected chi connectivity index (χ2v) is 12.9. The van der Waals surface area contributed by atoms with E-state index in [2.05, 4.69) is 5.32 Å². The predicted molar refractivity (Wildman–Crippen MR) is 90.1 cm³/mol. The molecule has 2 heterocycles. The Morgan fingerprint density at radius 2 is 1.58 bits per heavy atom. The van der Waals surface area contributed by atoms with Crippen LogP contribution in [0.1, 0.15) is 6.42 Å². The van der Waals surface area contributed by atoms with Crippen LogP contribution in [0, 0.1) is 0 Å². The van der Waals surface area contributed by atoms with E-state index in [1.807, 2.05) is 0 Å². The van der Waals surface area contributed by atoms with E-state index in [4.69, 9.17) is 0 Å². The van der Waals surface area contributed by atoms with Gasteiger partial charge in [0.15, 0.2) is 29.5 Å². The molecule has 134 valence electrons. The average Bonchev–Trinajstić information content (AvgIpc) is 2.99. The molecule has 1 aromatic carbocycles. The van der Waals surface area contributed by atoms with Gasteiger partial charge in [-0.2, -0.15) is 0 Å². The summed E-state index contributed by atoms with van der Waals surface area (Å²) in [5.74, 6) is -0.774. The zero-order chi connectivity index (χ0) is 17.6. The summed E-state index contributed by atoms with van der Waals surface area (Å²) >= 11 is 0. The van der Waals surface area contributed by atoms with Crippen LogP contribution < -0.4 is 5.32 Å². The third-order valence-electron chi connectivity index (χ3n) is 4.45. The van der Waals surface area contributed by atoms with Crippen molar-refractivity contribution in [1.82, 2.24) is 5.32 Å². The fourth-order valence-corrected chi connectivity index (χ4v) is 9.68. The summed E-state index contributed by atoms with van der Waals surface area (Å²) in [6.07, 6.45) is 0.372. The zero-order valence-corrected chi connectivity index (χ0v) is 15.3. The summed E-state index contributed by atoms with van der Waals surface area (Å²) in [6, 6.07) is 6.54. The van der Waals surface area contributed by atoms with Gasteiger partial charge in [-0.1, -0.05) is 18.2 Å². The molecule has 1 aromatic rings. The van der Waals surface area contributed by atoms with Gasteiger partial charge in [0.25, 0.3) is 0 Å². The Morgan fingerprint density at radius 1 is 0.917 bits per heavy atom. The molecule has 1 N–H and O–H groups in total. The molecular weight excluding hydrogens is 374 g/mol. The van der Waals surface area contributed by atoms with Crippen LogP contribution in [0.2, 0.25) is 0 Å². The average molecular weight is 394 g/mol. The Bertz CT molecular complexity index is 922. The minimum Gasteiger partial charge on any atom is -0.308 e. The van der Waals surface area contributed by atoms with Gasteiger partial charge in [0.1, 0.15) is 0 Å². The van der Waals surface area contributed by atoms with Gasteiger partial charge >= 0.3 is 0 Å². The van der Waals surface area contributed by atoms with Gasteiger partial charge < -0.3 is 5.32 Å². The second kappa shape index (κ2) is 6.08. The molecule has 7 nitrogen and oxygen atoms in total. The number of sulfone groups is 3. The Labute approximate surface area is 142 Å². The maximum absolute atomic E-state index is 12.8. The molecule has 3 rings (SSSR count). The maximum atomic E-state index is 12.8. The largest absolute Gasteiger partial charge is 0.308 e. The first-order valence-corrected chi connectivity index (χ1v) is 12.7. The summed E-state index contributed by atoms with van der Waals surface area (Å²) in [4.78, 5) is 0.0814. The molecule has 0 spiro atoms. The fourth-order valence-electron chi connectivity index (χ4n) is 3.29. The molecule has 0 amide bonds. The van der Waals surface area contributed by atoms with Crippen LogP contribution in [0.15, 0.2) is 35.2 Å². The summed E-state index contributed by atoms with van der Waals surface area (Å²) in [5, 5.41) is 1.87. The van der Waals surface area contributed by atoms with Crippen molar-refractivity contribution in [3.63, 3.8) is 0 Å². The highest BCUT2D eigenvalue weighted by Crippen LogP contribution is 2.27. The maximum Gasteiger partial charge on any atom is 0.183 e. The summed E-state index contributed by atoms with van der Waals surface area (Å²) < 4.78 is 72.8. The van der Waals surface area contributed by atoms with E-state index in [9.17, 15) is 25.3 Å². The molecule has 0 saturated carbocycles. The molecule has 3 atom stereocenters. The minimum absolute atomic E-state index is 0.0419. The first kappa shape index (κ1) is 17.8. The van der Waals surface area contributed by atoms with Crippen molar-refractivity contribution in [3.8, 4) is 0 Å². The molecule has 2 saturated heterocycles. The topological polar surface area (TPSA) is 114 Å². The highest BCUT2D eigenvalue weighted by atomic mass is 32.2. The first-order valence-electron chi connectivity index (χ1n) is 7.55. The quantitative estimate of drug-likeness (QED) is 0.726. The third kappa shape index (κ3) is 3.66. The van der Waals surface area contributed by atoms with Gasteiger partial charge in [0.2, 0.25) is 0 Å². The molecule has 0 aliphatic carbocycles. The van der Waals surface area contributed by atoms with Crippen LogP contribution in [-0.2, 0) is 29.5 Å². The fraction of sp³-hybridized carbons (Fsp3) is 0.571. The van der Waals surface area contributed by atoms with Crippen LogP contribution in [0.25, 0.3) is 0 Å². The van der Waals surface area contributed by atoms with Gasteiger partial charge in [-0.15, -0.1) is 0 Å². The molecule has 2 aliphatic heterocycles. The lowest BCUT2D eigenvalue weighted by molar-refractivity contribution is 0.469. The van der Waals surface area contributed by atoms with Crippen LogP contribution in [0.3, 0.4) is 0 Å². The van der Waals surface area contributed by atoms with Crippen LogP contribution in [-0.4, -0.2) is 65.6 Å². The molecular formula is C14H19NO6S3. The summed E-state index contributed by atoms with van der Waals surface area (Å²) in [7, 11) is -10.5. The van der Waals surface area contributed by atoms with Crippen molar-refractivity contribution < 1.29 is 25.3 Å². The standard InChI is InChI=1S/C14H19NO6S3/c16-22(17)7-6-11(8-22)15-13-9-23(18,19)10-14(13)24(20,21)12-4-2-1-3-5-12/h1-5,11,13-15H,6-10H2/t11?,13-,14-/m0/s1. The lowest BCUT2D eigenvalue weighted by Gasteiger charge is -2.23. The Morgan fingerprint density at radius 3 is 2.17 bits per heavy atom. The lowest BCUT2D eigenvalue weighted by atomic mass is 10.2. The number of nitrogens with one attached hydrogen (secondary N) is 1. The summed E-state index contributed by atoms with van der Waals surface area (Å²) in [5.41, 5.74) is 0. The molecule has 24 heavy (non-hydrogen) atoms. The third-order valence-corrected chi connectivity index (χ3v) is 10.4. The van der Waals surface area contributed by atoms with Crippen molar-refractivity contribution in [2.75, 3.05) is 23.0 Å².